The fraction of sp³-hybridized carbons (Fsp3) is 0.182. The van der Waals surface area contributed by atoms with Crippen LogP contribution in [0.4, 0.5) is 17.6 Å². The zero-order valence-corrected chi connectivity index (χ0v) is 16.1. The molecule has 0 aliphatic heterocycles. The van der Waals surface area contributed by atoms with Crippen molar-refractivity contribution < 1.29 is 22.4 Å². The van der Waals surface area contributed by atoms with Crippen LogP contribution >= 0.6 is 11.6 Å². The molecule has 1 aromatic heterocycles. The largest absolute Gasteiger partial charge is 0.294 e. The van der Waals surface area contributed by atoms with Crippen molar-refractivity contribution in [1.29, 1.82) is 0 Å². The van der Waals surface area contributed by atoms with Gasteiger partial charge in [-0.1, -0.05) is 29.8 Å². The van der Waals surface area contributed by atoms with Gasteiger partial charge in [-0.2, -0.15) is 0 Å². The van der Waals surface area contributed by atoms with Crippen molar-refractivity contribution >= 4 is 17.4 Å². The van der Waals surface area contributed by atoms with Crippen LogP contribution in [-0.2, 0) is 5.67 Å². The molecule has 2 aromatic carbocycles. The molecule has 29 heavy (non-hydrogen) atoms. The maximum atomic E-state index is 15.3. The number of carbonyl (C=O) groups excluding carboxylic acids is 1. The maximum Gasteiger partial charge on any atom is 0.168 e. The second-order valence-corrected chi connectivity index (χ2v) is 7.21. The molecule has 1 heterocycles. The van der Waals surface area contributed by atoms with Gasteiger partial charge in [0.05, 0.1) is 11.8 Å². The molecule has 7 heteroatoms. The molecule has 0 N–H and O–H groups in total. The third-order valence-corrected chi connectivity index (χ3v) is 4.94. The van der Waals surface area contributed by atoms with Crippen LogP contribution in [0.3, 0.4) is 0 Å². The monoisotopic (exact) mass is 421 g/mol. The number of hydrogen-bond donors (Lipinski definition) is 0. The van der Waals surface area contributed by atoms with E-state index in [0.29, 0.717) is 11.1 Å². The molecular weight excluding hydrogens is 406 g/mol. The summed E-state index contributed by atoms with van der Waals surface area (Å²) in [5.74, 6) is -3.32. The van der Waals surface area contributed by atoms with Crippen LogP contribution in [0.15, 0.2) is 54.9 Å². The van der Waals surface area contributed by atoms with E-state index in [4.69, 9.17) is 11.6 Å². The molecule has 0 aliphatic rings. The minimum absolute atomic E-state index is 0.0845. The summed E-state index contributed by atoms with van der Waals surface area (Å²) in [4.78, 5) is 16.0. The van der Waals surface area contributed by atoms with Gasteiger partial charge in [-0.05, 0) is 43.2 Å². The van der Waals surface area contributed by atoms with Crippen molar-refractivity contribution in [3.63, 3.8) is 0 Å². The lowest BCUT2D eigenvalue weighted by molar-refractivity contribution is 0.0925. The lowest BCUT2D eigenvalue weighted by atomic mass is 9.89. The van der Waals surface area contributed by atoms with E-state index in [9.17, 15) is 18.0 Å². The molecule has 0 saturated heterocycles. The molecule has 3 aromatic rings. The Morgan fingerprint density at radius 1 is 1.03 bits per heavy atom. The highest BCUT2D eigenvalue weighted by atomic mass is 35.5. The number of hydrogen-bond acceptors (Lipinski definition) is 2. The second kappa shape index (κ2) is 8.33. The number of rotatable bonds is 6. The van der Waals surface area contributed by atoms with Crippen molar-refractivity contribution in [2.45, 2.75) is 25.4 Å². The molecule has 1 atom stereocenters. The van der Waals surface area contributed by atoms with E-state index in [1.807, 2.05) is 0 Å². The number of carbonyl (C=O) groups is 1. The van der Waals surface area contributed by atoms with Gasteiger partial charge in [0.15, 0.2) is 5.78 Å². The lowest BCUT2D eigenvalue weighted by Crippen LogP contribution is -2.18. The van der Waals surface area contributed by atoms with Crippen molar-refractivity contribution in [3.05, 3.63) is 88.5 Å². The molecule has 0 amide bonds. The van der Waals surface area contributed by atoms with Crippen LogP contribution in [0.2, 0.25) is 5.02 Å². The summed E-state index contributed by atoms with van der Waals surface area (Å²) >= 11 is 6.23. The maximum absolute atomic E-state index is 15.3. The number of benzene rings is 2. The third kappa shape index (κ3) is 4.65. The molecule has 1 unspecified atom stereocenters. The van der Waals surface area contributed by atoms with Gasteiger partial charge < -0.3 is 0 Å². The number of Topliss-reactive ketones (excluding diaryl/α,β-unsaturated/α-hetero) is 1. The van der Waals surface area contributed by atoms with E-state index in [1.54, 1.807) is 6.07 Å². The standard InChI is InChI=1S/C22H16ClF4NO/c1-22(27,8-7-20(29)21-18(25)3-2-4-19(21)26)16-6-5-13(10-17(16)23)14-9-15(24)12-28-11-14/h2-6,9-12H,7-8H2,1H3. The lowest BCUT2D eigenvalue weighted by Gasteiger charge is -2.22. The van der Waals surface area contributed by atoms with Crippen LogP contribution < -0.4 is 0 Å². The predicted molar refractivity (Wildman–Crippen MR) is 103 cm³/mol. The van der Waals surface area contributed by atoms with E-state index in [2.05, 4.69) is 4.98 Å². The first-order valence-corrected chi connectivity index (χ1v) is 9.14. The number of nitrogens with zero attached hydrogens (tertiary/aromatic N) is 1. The average molecular weight is 422 g/mol. The first-order chi connectivity index (χ1) is 13.7. The Labute approximate surface area is 170 Å². The second-order valence-electron chi connectivity index (χ2n) is 6.80. The molecule has 0 spiro atoms. The number of pyridine rings is 1. The molecule has 2 nitrogen and oxygen atoms in total. The average Bonchev–Trinajstić information content (AvgIpc) is 2.66. The summed E-state index contributed by atoms with van der Waals surface area (Å²) in [6, 6.07) is 8.85. The first-order valence-electron chi connectivity index (χ1n) is 8.76. The van der Waals surface area contributed by atoms with Crippen molar-refractivity contribution in [3.8, 4) is 11.1 Å². The number of aromatic nitrogens is 1. The van der Waals surface area contributed by atoms with Gasteiger partial charge in [-0.25, -0.2) is 17.6 Å². The van der Waals surface area contributed by atoms with Gasteiger partial charge in [0.1, 0.15) is 23.1 Å². The van der Waals surface area contributed by atoms with Crippen molar-refractivity contribution in [2.24, 2.45) is 0 Å². The predicted octanol–water partition coefficient (Wildman–Crippen LogP) is 6.67. The Morgan fingerprint density at radius 3 is 2.34 bits per heavy atom. The smallest absolute Gasteiger partial charge is 0.168 e. The highest BCUT2D eigenvalue weighted by Gasteiger charge is 2.30. The summed E-state index contributed by atoms with van der Waals surface area (Å²) in [6.07, 6.45) is 1.79. The molecule has 0 fully saturated rings. The van der Waals surface area contributed by atoms with Crippen LogP contribution in [0.5, 0.6) is 0 Å². The Kier molecular flexibility index (Phi) is 6.03. The van der Waals surface area contributed by atoms with Gasteiger partial charge in [0.2, 0.25) is 0 Å². The van der Waals surface area contributed by atoms with E-state index >= 15 is 4.39 Å². The van der Waals surface area contributed by atoms with Crippen LogP contribution in [0.1, 0.15) is 35.7 Å². The summed E-state index contributed by atoms with van der Waals surface area (Å²) in [6.45, 7) is 1.24. The quantitative estimate of drug-likeness (QED) is 0.329. The molecule has 0 aliphatic carbocycles. The molecule has 150 valence electrons. The number of alkyl halides is 1. The summed E-state index contributed by atoms with van der Waals surface area (Å²) in [5.41, 5.74) is -1.56. The van der Waals surface area contributed by atoms with Crippen LogP contribution in [0, 0.1) is 17.5 Å². The summed E-state index contributed by atoms with van der Waals surface area (Å²) in [7, 11) is 0. The number of halogens is 5. The van der Waals surface area contributed by atoms with Gasteiger partial charge in [-0.3, -0.25) is 9.78 Å². The zero-order chi connectivity index (χ0) is 21.2. The first kappa shape index (κ1) is 21.0. The van der Waals surface area contributed by atoms with Gasteiger partial charge in [-0.15, -0.1) is 0 Å². The summed E-state index contributed by atoms with van der Waals surface area (Å²) in [5, 5.41) is 0.0845. The highest BCUT2D eigenvalue weighted by Crippen LogP contribution is 2.38. The topological polar surface area (TPSA) is 30.0 Å². The normalized spacial score (nSPS) is 13.2. The summed E-state index contributed by atoms with van der Waals surface area (Å²) < 4.78 is 56.1. The Morgan fingerprint density at radius 2 is 1.72 bits per heavy atom. The van der Waals surface area contributed by atoms with Crippen LogP contribution in [0.25, 0.3) is 11.1 Å². The molecule has 0 radical (unpaired) electrons. The van der Waals surface area contributed by atoms with Gasteiger partial charge >= 0.3 is 0 Å². The van der Waals surface area contributed by atoms with Crippen molar-refractivity contribution in [2.75, 3.05) is 0 Å². The van der Waals surface area contributed by atoms with Gasteiger partial charge in [0.25, 0.3) is 0 Å². The fourth-order valence-corrected chi connectivity index (χ4v) is 3.44. The molecule has 0 bridgehead atoms. The molecular formula is C22H16ClF4NO. The number of ketones is 1. The molecule has 3 rings (SSSR count). The van der Waals surface area contributed by atoms with Crippen molar-refractivity contribution in [1.82, 2.24) is 4.98 Å². The van der Waals surface area contributed by atoms with E-state index in [0.717, 1.165) is 24.4 Å². The fourth-order valence-electron chi connectivity index (χ4n) is 3.06. The van der Waals surface area contributed by atoms with Gasteiger partial charge in [0, 0.05) is 28.8 Å². The van der Waals surface area contributed by atoms with E-state index in [-0.39, 0.29) is 17.0 Å². The third-order valence-electron chi connectivity index (χ3n) is 4.63. The Balaban J connectivity index is 1.79. The zero-order valence-electron chi connectivity index (χ0n) is 15.4. The van der Waals surface area contributed by atoms with E-state index < -0.39 is 40.9 Å². The van der Waals surface area contributed by atoms with E-state index in [1.165, 1.54) is 31.3 Å². The SMILES string of the molecule is CC(F)(CCC(=O)c1c(F)cccc1F)c1ccc(-c2cncc(F)c2)cc1Cl. The van der Waals surface area contributed by atoms with Crippen LogP contribution in [-0.4, -0.2) is 10.8 Å². The minimum Gasteiger partial charge on any atom is -0.294 e. The minimum atomic E-state index is -2.02. The Bertz CT molecular complexity index is 1050. The molecule has 0 saturated carbocycles. The highest BCUT2D eigenvalue weighted by molar-refractivity contribution is 6.31. The Hall–Kier alpha value is -2.73.